The highest BCUT2D eigenvalue weighted by molar-refractivity contribution is 9.11. The first-order valence-corrected chi connectivity index (χ1v) is 5.43. The predicted octanol–water partition coefficient (Wildman–Crippen LogP) is 2.51. The summed E-state index contributed by atoms with van der Waals surface area (Å²) in [6, 6.07) is 3.61. The number of anilines is 1. The van der Waals surface area contributed by atoms with Crippen molar-refractivity contribution < 1.29 is 9.53 Å². The highest BCUT2D eigenvalue weighted by Crippen LogP contribution is 2.29. The molecule has 0 saturated carbocycles. The molecule has 0 amide bonds. The van der Waals surface area contributed by atoms with Crippen molar-refractivity contribution in [1.29, 1.82) is 0 Å². The zero-order valence-electron chi connectivity index (χ0n) is 7.51. The first-order chi connectivity index (χ1) is 6.54. The van der Waals surface area contributed by atoms with Crippen LogP contribution in [-0.4, -0.2) is 13.1 Å². The summed E-state index contributed by atoms with van der Waals surface area (Å²) >= 11 is 6.60. The summed E-state index contributed by atoms with van der Waals surface area (Å²) in [5.74, 6) is -0.270. The first kappa shape index (κ1) is 11.5. The van der Waals surface area contributed by atoms with Gasteiger partial charge in [-0.15, -0.1) is 0 Å². The Hall–Kier alpha value is -0.550. The van der Waals surface area contributed by atoms with Crippen LogP contribution in [0.15, 0.2) is 21.1 Å². The molecule has 0 aliphatic rings. The molecule has 0 spiro atoms. The van der Waals surface area contributed by atoms with Gasteiger partial charge in [0.25, 0.3) is 0 Å². The number of hydrogen-bond acceptors (Lipinski definition) is 3. The molecule has 0 fully saturated rings. The van der Waals surface area contributed by atoms with Gasteiger partial charge in [-0.05, 0) is 49.6 Å². The minimum absolute atomic E-state index is 0.244. The Morgan fingerprint density at radius 1 is 1.43 bits per heavy atom. The second-order valence-corrected chi connectivity index (χ2v) is 4.43. The Morgan fingerprint density at radius 3 is 2.36 bits per heavy atom. The molecular weight excluding hydrogens is 314 g/mol. The first-order valence-electron chi connectivity index (χ1n) is 3.84. The van der Waals surface area contributed by atoms with E-state index in [2.05, 4.69) is 36.6 Å². The molecule has 2 N–H and O–H groups in total. The zero-order chi connectivity index (χ0) is 10.7. The fourth-order valence-corrected chi connectivity index (χ4v) is 2.26. The molecule has 0 unspecified atom stereocenters. The fourth-order valence-electron chi connectivity index (χ4n) is 0.978. The molecule has 76 valence electrons. The number of rotatable bonds is 2. The minimum atomic E-state index is -0.270. The van der Waals surface area contributed by atoms with Crippen molar-refractivity contribution in [3.63, 3.8) is 0 Å². The fraction of sp³-hybridized carbons (Fsp3) is 0.222. The SMILES string of the molecule is COC(=O)Cc1cc(Br)c(N)c(Br)c1. The Bertz CT molecular complexity index is 343. The number of hydrogen-bond donors (Lipinski definition) is 1. The highest BCUT2D eigenvalue weighted by Gasteiger charge is 2.07. The molecule has 1 aromatic carbocycles. The van der Waals surface area contributed by atoms with E-state index < -0.39 is 0 Å². The van der Waals surface area contributed by atoms with Gasteiger partial charge in [0.2, 0.25) is 0 Å². The van der Waals surface area contributed by atoms with Crippen molar-refractivity contribution >= 4 is 43.5 Å². The third-order valence-corrected chi connectivity index (χ3v) is 3.03. The lowest BCUT2D eigenvalue weighted by Gasteiger charge is -2.05. The van der Waals surface area contributed by atoms with E-state index in [1.165, 1.54) is 7.11 Å². The van der Waals surface area contributed by atoms with Gasteiger partial charge in [-0.25, -0.2) is 0 Å². The van der Waals surface area contributed by atoms with Crippen LogP contribution in [0.4, 0.5) is 5.69 Å². The number of carbonyl (C=O) groups excluding carboxylic acids is 1. The summed E-state index contributed by atoms with van der Waals surface area (Å²) in [6.07, 6.45) is 0.244. The molecular formula is C9H9Br2NO2. The molecule has 0 atom stereocenters. The van der Waals surface area contributed by atoms with E-state index in [0.29, 0.717) is 5.69 Å². The number of ether oxygens (including phenoxy) is 1. The summed E-state index contributed by atoms with van der Waals surface area (Å²) < 4.78 is 6.10. The van der Waals surface area contributed by atoms with E-state index in [1.54, 1.807) is 12.1 Å². The van der Waals surface area contributed by atoms with Crippen LogP contribution in [0, 0.1) is 0 Å². The summed E-state index contributed by atoms with van der Waals surface area (Å²) in [5.41, 5.74) is 7.18. The quantitative estimate of drug-likeness (QED) is 0.672. The van der Waals surface area contributed by atoms with Crippen molar-refractivity contribution in [2.75, 3.05) is 12.8 Å². The molecule has 1 rings (SSSR count). The number of methoxy groups -OCH3 is 1. The number of esters is 1. The summed E-state index contributed by atoms with van der Waals surface area (Å²) in [7, 11) is 1.36. The predicted molar refractivity (Wildman–Crippen MR) is 62.0 cm³/mol. The van der Waals surface area contributed by atoms with E-state index >= 15 is 0 Å². The standard InChI is InChI=1S/C9H9Br2NO2/c1-14-8(13)4-5-2-6(10)9(12)7(11)3-5/h2-3H,4,12H2,1H3. The van der Waals surface area contributed by atoms with Crippen molar-refractivity contribution in [1.82, 2.24) is 0 Å². The van der Waals surface area contributed by atoms with Gasteiger partial charge in [-0.3, -0.25) is 4.79 Å². The van der Waals surface area contributed by atoms with Crippen LogP contribution in [0.3, 0.4) is 0 Å². The van der Waals surface area contributed by atoms with Crippen molar-refractivity contribution in [2.24, 2.45) is 0 Å². The van der Waals surface area contributed by atoms with E-state index in [1.807, 2.05) is 0 Å². The molecule has 0 aromatic heterocycles. The van der Waals surface area contributed by atoms with Crippen LogP contribution in [0.25, 0.3) is 0 Å². The average Bonchev–Trinajstić information content (AvgIpc) is 2.14. The molecule has 0 heterocycles. The van der Waals surface area contributed by atoms with Gasteiger partial charge >= 0.3 is 5.97 Å². The molecule has 0 aliphatic carbocycles. The number of carbonyl (C=O) groups is 1. The normalized spacial score (nSPS) is 9.93. The van der Waals surface area contributed by atoms with Crippen LogP contribution < -0.4 is 5.73 Å². The number of benzene rings is 1. The zero-order valence-corrected chi connectivity index (χ0v) is 10.7. The Labute approximate surface area is 98.9 Å². The van der Waals surface area contributed by atoms with Gasteiger partial charge in [0, 0.05) is 8.95 Å². The largest absolute Gasteiger partial charge is 0.469 e. The average molecular weight is 323 g/mol. The second kappa shape index (κ2) is 4.79. The Morgan fingerprint density at radius 2 is 1.93 bits per heavy atom. The third kappa shape index (κ3) is 2.72. The number of nitrogen functional groups attached to an aromatic ring is 1. The van der Waals surface area contributed by atoms with Crippen molar-refractivity contribution in [2.45, 2.75) is 6.42 Å². The lowest BCUT2D eigenvalue weighted by atomic mass is 10.1. The maximum absolute atomic E-state index is 11.0. The molecule has 0 saturated heterocycles. The molecule has 0 aliphatic heterocycles. The summed E-state index contributed by atoms with van der Waals surface area (Å²) in [4.78, 5) is 11.0. The van der Waals surface area contributed by atoms with Gasteiger partial charge in [-0.1, -0.05) is 0 Å². The Balaban J connectivity index is 2.95. The van der Waals surface area contributed by atoms with E-state index in [-0.39, 0.29) is 12.4 Å². The molecule has 0 bridgehead atoms. The second-order valence-electron chi connectivity index (χ2n) is 2.73. The van der Waals surface area contributed by atoms with Crippen LogP contribution in [0.2, 0.25) is 0 Å². The Kier molecular flexibility index (Phi) is 3.95. The smallest absolute Gasteiger partial charge is 0.309 e. The molecule has 1 aromatic rings. The van der Waals surface area contributed by atoms with E-state index in [4.69, 9.17) is 5.73 Å². The number of halogens is 2. The lowest BCUT2D eigenvalue weighted by Crippen LogP contribution is -2.05. The van der Waals surface area contributed by atoms with Crippen LogP contribution in [0.1, 0.15) is 5.56 Å². The minimum Gasteiger partial charge on any atom is -0.469 e. The van der Waals surface area contributed by atoms with Crippen LogP contribution >= 0.6 is 31.9 Å². The molecule has 14 heavy (non-hydrogen) atoms. The van der Waals surface area contributed by atoms with Crippen molar-refractivity contribution in [3.05, 3.63) is 26.6 Å². The van der Waals surface area contributed by atoms with Crippen LogP contribution in [-0.2, 0) is 16.0 Å². The monoisotopic (exact) mass is 321 g/mol. The third-order valence-electron chi connectivity index (χ3n) is 1.71. The van der Waals surface area contributed by atoms with Crippen LogP contribution in [0.5, 0.6) is 0 Å². The summed E-state index contributed by atoms with van der Waals surface area (Å²) in [6.45, 7) is 0. The topological polar surface area (TPSA) is 52.3 Å². The maximum Gasteiger partial charge on any atom is 0.309 e. The number of nitrogens with two attached hydrogens (primary N) is 1. The molecule has 5 heteroatoms. The highest BCUT2D eigenvalue weighted by atomic mass is 79.9. The van der Waals surface area contributed by atoms with E-state index in [9.17, 15) is 4.79 Å². The molecule has 0 radical (unpaired) electrons. The summed E-state index contributed by atoms with van der Waals surface area (Å²) in [5, 5.41) is 0. The maximum atomic E-state index is 11.0. The van der Waals surface area contributed by atoms with Crippen molar-refractivity contribution in [3.8, 4) is 0 Å². The lowest BCUT2D eigenvalue weighted by molar-refractivity contribution is -0.139. The van der Waals surface area contributed by atoms with Gasteiger partial charge in [0.05, 0.1) is 19.2 Å². The molecule has 3 nitrogen and oxygen atoms in total. The van der Waals surface area contributed by atoms with Gasteiger partial charge in [0.15, 0.2) is 0 Å². The van der Waals surface area contributed by atoms with Gasteiger partial charge in [-0.2, -0.15) is 0 Å². The van der Waals surface area contributed by atoms with E-state index in [0.717, 1.165) is 14.5 Å². The van der Waals surface area contributed by atoms with Gasteiger partial charge < -0.3 is 10.5 Å². The van der Waals surface area contributed by atoms with Gasteiger partial charge in [0.1, 0.15) is 0 Å².